The van der Waals surface area contributed by atoms with Crippen molar-refractivity contribution in [1.29, 1.82) is 0 Å². The van der Waals surface area contributed by atoms with Crippen molar-refractivity contribution < 1.29 is 9.59 Å². The van der Waals surface area contributed by atoms with Crippen LogP contribution in [0.25, 0.3) is 0 Å². The van der Waals surface area contributed by atoms with Crippen LogP contribution in [0, 0.1) is 23.7 Å². The second kappa shape index (κ2) is 7.05. The average Bonchev–Trinajstić information content (AvgIpc) is 2.66. The van der Waals surface area contributed by atoms with Crippen LogP contribution in [-0.2, 0) is 9.59 Å². The Labute approximate surface area is 145 Å². The van der Waals surface area contributed by atoms with Gasteiger partial charge in [0.15, 0.2) is 0 Å². The van der Waals surface area contributed by atoms with Crippen molar-refractivity contribution in [3.8, 4) is 0 Å². The normalized spacial score (nSPS) is 36.7. The first-order valence-corrected chi connectivity index (χ1v) is 10.3. The Bertz CT molecular complexity index is 448. The van der Waals surface area contributed by atoms with Gasteiger partial charge in [-0.15, -0.1) is 0 Å². The Kier molecular flexibility index (Phi) is 4.82. The minimum absolute atomic E-state index is 0.215. The molecule has 4 aliphatic rings. The molecule has 134 valence electrons. The van der Waals surface area contributed by atoms with Gasteiger partial charge in [0.1, 0.15) is 0 Å². The van der Waals surface area contributed by atoms with Gasteiger partial charge in [0, 0.05) is 26.2 Å². The molecule has 0 N–H and O–H groups in total. The first kappa shape index (κ1) is 16.4. The molecule has 2 saturated carbocycles. The summed E-state index contributed by atoms with van der Waals surface area (Å²) in [5, 5.41) is 0. The molecule has 2 aliphatic carbocycles. The summed E-state index contributed by atoms with van der Waals surface area (Å²) in [6.07, 6.45) is 12.7. The minimum atomic E-state index is -0.215. The first-order chi connectivity index (χ1) is 11.7. The summed E-state index contributed by atoms with van der Waals surface area (Å²) < 4.78 is 0. The maximum atomic E-state index is 12.8. The number of carbonyl (C=O) groups is 2. The quantitative estimate of drug-likeness (QED) is 0.640. The van der Waals surface area contributed by atoms with Gasteiger partial charge < -0.3 is 9.80 Å². The molecule has 0 aromatic carbocycles. The third-order valence-electron chi connectivity index (χ3n) is 7.34. The third kappa shape index (κ3) is 3.21. The SMILES string of the molecule is O=C(C(=O)N1CCC2CCCCC2C1)N1CCC2CCCCC2C1. The lowest BCUT2D eigenvalue weighted by Gasteiger charge is -2.43. The van der Waals surface area contributed by atoms with Gasteiger partial charge in [-0.25, -0.2) is 0 Å². The minimum Gasteiger partial charge on any atom is -0.334 e. The largest absolute Gasteiger partial charge is 0.334 e. The lowest BCUT2D eigenvalue weighted by molar-refractivity contribution is -0.155. The molecule has 2 amide bonds. The molecular weight excluding hydrogens is 300 g/mol. The van der Waals surface area contributed by atoms with E-state index in [4.69, 9.17) is 0 Å². The van der Waals surface area contributed by atoms with Crippen LogP contribution in [0.15, 0.2) is 0 Å². The van der Waals surface area contributed by atoms with E-state index in [1.54, 1.807) is 0 Å². The Morgan fingerprint density at radius 2 is 0.917 bits per heavy atom. The Balaban J connectivity index is 1.35. The van der Waals surface area contributed by atoms with Crippen LogP contribution in [-0.4, -0.2) is 47.8 Å². The van der Waals surface area contributed by atoms with Crippen LogP contribution in [0.2, 0.25) is 0 Å². The molecule has 4 heteroatoms. The van der Waals surface area contributed by atoms with Gasteiger partial charge in [-0.2, -0.15) is 0 Å². The van der Waals surface area contributed by atoms with E-state index in [-0.39, 0.29) is 11.8 Å². The molecule has 0 aromatic heterocycles. The smallest absolute Gasteiger partial charge is 0.312 e. The van der Waals surface area contributed by atoms with Gasteiger partial charge in [0.25, 0.3) is 0 Å². The summed E-state index contributed by atoms with van der Waals surface area (Å²) in [6.45, 7) is 3.25. The summed E-state index contributed by atoms with van der Waals surface area (Å²) in [5.74, 6) is 2.47. The van der Waals surface area contributed by atoms with Crippen LogP contribution < -0.4 is 0 Å². The highest BCUT2D eigenvalue weighted by molar-refractivity contribution is 6.34. The van der Waals surface area contributed by atoms with Crippen LogP contribution >= 0.6 is 0 Å². The van der Waals surface area contributed by atoms with E-state index in [1.807, 2.05) is 9.80 Å². The number of hydrogen-bond donors (Lipinski definition) is 0. The molecule has 2 saturated heterocycles. The zero-order valence-electron chi connectivity index (χ0n) is 14.9. The van der Waals surface area contributed by atoms with Crippen LogP contribution in [0.4, 0.5) is 0 Å². The predicted octanol–water partition coefficient (Wildman–Crippen LogP) is 3.06. The predicted molar refractivity (Wildman–Crippen MR) is 93.3 cm³/mol. The maximum absolute atomic E-state index is 12.8. The number of likely N-dealkylation sites (tertiary alicyclic amines) is 2. The molecule has 4 rings (SSSR count). The number of piperidine rings is 2. The molecule has 4 unspecified atom stereocenters. The van der Waals surface area contributed by atoms with Crippen molar-refractivity contribution >= 4 is 11.8 Å². The van der Waals surface area contributed by atoms with Crippen LogP contribution in [0.5, 0.6) is 0 Å². The van der Waals surface area contributed by atoms with Crippen LogP contribution in [0.1, 0.15) is 64.2 Å². The zero-order valence-corrected chi connectivity index (χ0v) is 14.9. The van der Waals surface area contributed by atoms with Crippen molar-refractivity contribution in [2.45, 2.75) is 64.2 Å². The van der Waals surface area contributed by atoms with Gasteiger partial charge in [0.05, 0.1) is 0 Å². The summed E-state index contributed by atoms with van der Waals surface area (Å²) in [5.41, 5.74) is 0. The molecule has 2 aliphatic heterocycles. The Morgan fingerprint density at radius 1 is 0.542 bits per heavy atom. The Morgan fingerprint density at radius 3 is 1.33 bits per heavy atom. The maximum Gasteiger partial charge on any atom is 0.312 e. The van der Waals surface area contributed by atoms with Crippen molar-refractivity contribution in [3.05, 3.63) is 0 Å². The number of nitrogens with zero attached hydrogens (tertiary/aromatic N) is 2. The lowest BCUT2D eigenvalue weighted by Crippen LogP contribution is -2.53. The van der Waals surface area contributed by atoms with E-state index in [0.29, 0.717) is 11.8 Å². The van der Waals surface area contributed by atoms with E-state index in [9.17, 15) is 9.59 Å². The van der Waals surface area contributed by atoms with Gasteiger partial charge in [-0.3, -0.25) is 9.59 Å². The number of fused-ring (bicyclic) bond motifs is 2. The topological polar surface area (TPSA) is 40.6 Å². The third-order valence-corrected chi connectivity index (χ3v) is 7.34. The number of amides is 2. The van der Waals surface area contributed by atoms with Gasteiger partial charge in [-0.05, 0) is 49.4 Å². The summed E-state index contributed by atoms with van der Waals surface area (Å²) in [6, 6.07) is 0. The Hall–Kier alpha value is -1.06. The molecule has 0 spiro atoms. The van der Waals surface area contributed by atoms with E-state index >= 15 is 0 Å². The van der Waals surface area contributed by atoms with Crippen molar-refractivity contribution in [1.82, 2.24) is 9.80 Å². The molecule has 4 fully saturated rings. The molecule has 0 aromatic rings. The van der Waals surface area contributed by atoms with E-state index in [2.05, 4.69) is 0 Å². The van der Waals surface area contributed by atoms with Gasteiger partial charge in [0.2, 0.25) is 0 Å². The van der Waals surface area contributed by atoms with Crippen molar-refractivity contribution in [2.75, 3.05) is 26.2 Å². The fourth-order valence-electron chi connectivity index (χ4n) is 5.84. The molecule has 2 heterocycles. The van der Waals surface area contributed by atoms with Gasteiger partial charge >= 0.3 is 11.8 Å². The highest BCUT2D eigenvalue weighted by Crippen LogP contribution is 2.37. The second-order valence-corrected chi connectivity index (χ2v) is 8.69. The first-order valence-electron chi connectivity index (χ1n) is 10.3. The standard InChI is InChI=1S/C20H32N2O2/c23-19(21-11-9-15-5-1-3-7-17(15)13-21)20(24)22-12-10-16-6-2-4-8-18(16)14-22/h15-18H,1-14H2. The number of rotatable bonds is 0. The van der Waals surface area contributed by atoms with Crippen LogP contribution in [0.3, 0.4) is 0 Å². The monoisotopic (exact) mass is 332 g/mol. The molecule has 0 radical (unpaired) electrons. The fourth-order valence-corrected chi connectivity index (χ4v) is 5.84. The van der Waals surface area contributed by atoms with Crippen molar-refractivity contribution in [2.24, 2.45) is 23.7 Å². The second-order valence-electron chi connectivity index (χ2n) is 8.69. The summed E-state index contributed by atoms with van der Waals surface area (Å²) >= 11 is 0. The summed E-state index contributed by atoms with van der Waals surface area (Å²) in [4.78, 5) is 29.3. The summed E-state index contributed by atoms with van der Waals surface area (Å²) in [7, 11) is 0. The highest BCUT2D eigenvalue weighted by atomic mass is 16.2. The number of carbonyl (C=O) groups excluding carboxylic acids is 2. The van der Waals surface area contributed by atoms with E-state index in [1.165, 1.54) is 51.4 Å². The van der Waals surface area contributed by atoms with Crippen molar-refractivity contribution in [3.63, 3.8) is 0 Å². The highest BCUT2D eigenvalue weighted by Gasteiger charge is 2.39. The van der Waals surface area contributed by atoms with E-state index < -0.39 is 0 Å². The molecule has 4 nitrogen and oxygen atoms in total. The molecular formula is C20H32N2O2. The average molecular weight is 332 g/mol. The zero-order chi connectivity index (χ0) is 16.5. The number of hydrogen-bond acceptors (Lipinski definition) is 2. The van der Waals surface area contributed by atoms with E-state index in [0.717, 1.165) is 50.9 Å². The lowest BCUT2D eigenvalue weighted by atomic mass is 9.75. The molecule has 4 atom stereocenters. The fraction of sp³-hybridized carbons (Fsp3) is 0.900. The van der Waals surface area contributed by atoms with Gasteiger partial charge in [-0.1, -0.05) is 38.5 Å². The molecule has 24 heavy (non-hydrogen) atoms. The molecule has 0 bridgehead atoms.